The van der Waals surface area contributed by atoms with Gasteiger partial charge in [0.2, 0.25) is 0 Å². The molecule has 19 heavy (non-hydrogen) atoms. The van der Waals surface area contributed by atoms with Crippen LogP contribution in [0.1, 0.15) is 12.5 Å². The van der Waals surface area contributed by atoms with Crippen molar-refractivity contribution in [2.24, 2.45) is 0 Å². The molecule has 1 N–H and O–H groups in total. The molecule has 1 aromatic rings. The largest absolute Gasteiger partial charge is 0.382 e. The number of carbonyl (C=O) groups is 1. The number of carbonyl (C=O) groups excluding carboxylic acids is 1. The Hall–Kier alpha value is -1.59. The summed E-state index contributed by atoms with van der Waals surface area (Å²) in [5.41, 5.74) is 1.11. The number of hydrogen-bond acceptors (Lipinski definition) is 3. The van der Waals surface area contributed by atoms with Crippen LogP contribution in [-0.2, 0) is 16.0 Å². The van der Waals surface area contributed by atoms with E-state index in [1.807, 2.05) is 37.3 Å². The SMILES string of the molecule is CCN(Cc1ccccc1)C(=O)NCOCCOC. The summed E-state index contributed by atoms with van der Waals surface area (Å²) in [4.78, 5) is 13.6. The molecular weight excluding hydrogens is 244 g/mol. The molecule has 0 saturated carbocycles. The van der Waals surface area contributed by atoms with Crippen molar-refractivity contribution in [3.05, 3.63) is 35.9 Å². The molecule has 0 spiro atoms. The molecule has 0 heterocycles. The normalized spacial score (nSPS) is 10.2. The van der Waals surface area contributed by atoms with Crippen molar-refractivity contribution in [2.75, 3.05) is 33.6 Å². The molecule has 5 nitrogen and oxygen atoms in total. The zero-order chi connectivity index (χ0) is 13.9. The van der Waals surface area contributed by atoms with Gasteiger partial charge in [0.1, 0.15) is 6.73 Å². The number of methoxy groups -OCH3 is 1. The van der Waals surface area contributed by atoms with Gasteiger partial charge >= 0.3 is 6.03 Å². The van der Waals surface area contributed by atoms with E-state index >= 15 is 0 Å². The maximum Gasteiger partial charge on any atom is 0.319 e. The van der Waals surface area contributed by atoms with Crippen LogP contribution in [0.2, 0.25) is 0 Å². The van der Waals surface area contributed by atoms with Crippen molar-refractivity contribution in [2.45, 2.75) is 13.5 Å². The minimum absolute atomic E-state index is 0.122. The van der Waals surface area contributed by atoms with E-state index in [2.05, 4.69) is 5.32 Å². The standard InChI is InChI=1S/C14H22N2O3/c1-3-16(11-13-7-5-4-6-8-13)14(17)15-12-19-10-9-18-2/h4-8H,3,9-12H2,1-2H3,(H,15,17). The predicted molar refractivity (Wildman–Crippen MR) is 73.8 cm³/mol. The maximum atomic E-state index is 11.9. The molecule has 106 valence electrons. The highest BCUT2D eigenvalue weighted by Gasteiger charge is 2.10. The molecule has 0 radical (unpaired) electrons. The van der Waals surface area contributed by atoms with E-state index in [1.54, 1.807) is 12.0 Å². The van der Waals surface area contributed by atoms with Gasteiger partial charge in [-0.15, -0.1) is 0 Å². The third kappa shape index (κ3) is 6.22. The second-order valence-electron chi connectivity index (χ2n) is 4.03. The Morgan fingerprint density at radius 1 is 1.26 bits per heavy atom. The molecule has 0 bridgehead atoms. The Labute approximate surface area is 114 Å². The molecule has 0 atom stereocenters. The minimum Gasteiger partial charge on any atom is -0.382 e. The van der Waals surface area contributed by atoms with Crippen LogP contribution in [0, 0.1) is 0 Å². The Balaban J connectivity index is 2.31. The molecule has 0 aliphatic carbocycles. The highest BCUT2D eigenvalue weighted by atomic mass is 16.5. The number of nitrogens with one attached hydrogen (secondary N) is 1. The lowest BCUT2D eigenvalue weighted by Gasteiger charge is -2.21. The highest BCUT2D eigenvalue weighted by molar-refractivity contribution is 5.73. The van der Waals surface area contributed by atoms with Crippen molar-refractivity contribution >= 4 is 6.03 Å². The fraction of sp³-hybridized carbons (Fsp3) is 0.500. The minimum atomic E-state index is -0.122. The highest BCUT2D eigenvalue weighted by Crippen LogP contribution is 2.04. The van der Waals surface area contributed by atoms with Gasteiger partial charge in [-0.05, 0) is 12.5 Å². The van der Waals surface area contributed by atoms with Gasteiger partial charge in [-0.2, -0.15) is 0 Å². The molecule has 5 heteroatoms. The van der Waals surface area contributed by atoms with Crippen LogP contribution in [0.5, 0.6) is 0 Å². The van der Waals surface area contributed by atoms with Crippen LogP contribution in [-0.4, -0.2) is 44.5 Å². The second kappa shape index (κ2) is 9.35. The van der Waals surface area contributed by atoms with E-state index in [0.29, 0.717) is 26.3 Å². The average molecular weight is 266 g/mol. The summed E-state index contributed by atoms with van der Waals surface area (Å²) in [6.07, 6.45) is 0. The quantitative estimate of drug-likeness (QED) is 0.577. The summed E-state index contributed by atoms with van der Waals surface area (Å²) in [6.45, 7) is 4.40. The van der Waals surface area contributed by atoms with E-state index in [4.69, 9.17) is 9.47 Å². The van der Waals surface area contributed by atoms with E-state index in [1.165, 1.54) is 0 Å². The number of urea groups is 1. The first kappa shape index (κ1) is 15.5. The first-order valence-electron chi connectivity index (χ1n) is 6.41. The van der Waals surface area contributed by atoms with Crippen LogP contribution in [0.3, 0.4) is 0 Å². The van der Waals surface area contributed by atoms with E-state index in [9.17, 15) is 4.79 Å². The molecule has 0 saturated heterocycles. The monoisotopic (exact) mass is 266 g/mol. The van der Waals surface area contributed by atoms with Gasteiger partial charge in [0, 0.05) is 20.2 Å². The van der Waals surface area contributed by atoms with Gasteiger partial charge in [0.05, 0.1) is 13.2 Å². The Morgan fingerprint density at radius 2 is 2.00 bits per heavy atom. The number of amides is 2. The smallest absolute Gasteiger partial charge is 0.319 e. The first-order chi connectivity index (χ1) is 9.27. The topological polar surface area (TPSA) is 50.8 Å². The molecule has 0 fully saturated rings. The molecule has 0 aromatic heterocycles. The third-order valence-electron chi connectivity index (χ3n) is 2.64. The first-order valence-corrected chi connectivity index (χ1v) is 6.41. The molecule has 1 aromatic carbocycles. The van der Waals surface area contributed by atoms with Crippen molar-refractivity contribution in [3.8, 4) is 0 Å². The average Bonchev–Trinajstić information content (AvgIpc) is 2.45. The summed E-state index contributed by atoms with van der Waals surface area (Å²) in [7, 11) is 1.61. The van der Waals surface area contributed by atoms with Gasteiger partial charge in [0.25, 0.3) is 0 Å². The lowest BCUT2D eigenvalue weighted by atomic mass is 10.2. The number of benzene rings is 1. The van der Waals surface area contributed by atoms with Crippen LogP contribution in [0.25, 0.3) is 0 Å². The van der Waals surface area contributed by atoms with Crippen molar-refractivity contribution in [1.82, 2.24) is 10.2 Å². The van der Waals surface area contributed by atoms with Gasteiger partial charge in [0.15, 0.2) is 0 Å². The Kier molecular flexibility index (Phi) is 7.62. The van der Waals surface area contributed by atoms with Gasteiger partial charge in [-0.1, -0.05) is 30.3 Å². The predicted octanol–water partition coefficient (Wildman–Crippen LogP) is 1.84. The number of hydrogen-bond donors (Lipinski definition) is 1. The summed E-state index contributed by atoms with van der Waals surface area (Å²) >= 11 is 0. The fourth-order valence-electron chi connectivity index (χ4n) is 1.57. The number of ether oxygens (including phenoxy) is 2. The number of nitrogens with zero attached hydrogens (tertiary/aromatic N) is 1. The summed E-state index contributed by atoms with van der Waals surface area (Å²) in [6, 6.07) is 9.78. The molecule has 0 aliphatic heterocycles. The Bertz CT molecular complexity index is 357. The van der Waals surface area contributed by atoms with Crippen LogP contribution < -0.4 is 5.32 Å². The van der Waals surface area contributed by atoms with Crippen molar-refractivity contribution in [1.29, 1.82) is 0 Å². The van der Waals surface area contributed by atoms with Crippen LogP contribution in [0.4, 0.5) is 4.79 Å². The van der Waals surface area contributed by atoms with Crippen LogP contribution >= 0.6 is 0 Å². The van der Waals surface area contributed by atoms with Gasteiger partial charge < -0.3 is 19.7 Å². The van der Waals surface area contributed by atoms with Gasteiger partial charge in [-0.3, -0.25) is 0 Å². The molecule has 2 amide bonds. The van der Waals surface area contributed by atoms with Gasteiger partial charge in [-0.25, -0.2) is 4.79 Å². The van der Waals surface area contributed by atoms with Crippen LogP contribution in [0.15, 0.2) is 30.3 Å². The third-order valence-corrected chi connectivity index (χ3v) is 2.64. The lowest BCUT2D eigenvalue weighted by Crippen LogP contribution is -2.40. The summed E-state index contributed by atoms with van der Waals surface area (Å²) in [5.74, 6) is 0. The van der Waals surface area contributed by atoms with Crippen molar-refractivity contribution < 1.29 is 14.3 Å². The molecular formula is C14H22N2O3. The number of rotatable bonds is 8. The van der Waals surface area contributed by atoms with E-state index < -0.39 is 0 Å². The molecule has 0 unspecified atom stereocenters. The zero-order valence-corrected chi connectivity index (χ0v) is 11.6. The van der Waals surface area contributed by atoms with Crippen molar-refractivity contribution in [3.63, 3.8) is 0 Å². The fourth-order valence-corrected chi connectivity index (χ4v) is 1.57. The maximum absolute atomic E-state index is 11.9. The second-order valence-corrected chi connectivity index (χ2v) is 4.03. The molecule has 1 rings (SSSR count). The zero-order valence-electron chi connectivity index (χ0n) is 11.6. The van der Waals surface area contributed by atoms with E-state index in [0.717, 1.165) is 5.56 Å². The lowest BCUT2D eigenvalue weighted by molar-refractivity contribution is 0.0616. The summed E-state index contributed by atoms with van der Waals surface area (Å²) < 4.78 is 10.1. The molecule has 0 aliphatic rings. The van der Waals surface area contributed by atoms with E-state index in [-0.39, 0.29) is 12.8 Å². The summed E-state index contributed by atoms with van der Waals surface area (Å²) in [5, 5.41) is 2.72. The Morgan fingerprint density at radius 3 is 2.63 bits per heavy atom.